The summed E-state index contributed by atoms with van der Waals surface area (Å²) >= 11 is 6.01. The van der Waals surface area contributed by atoms with Crippen LogP contribution in [0.3, 0.4) is 0 Å². The van der Waals surface area contributed by atoms with Gasteiger partial charge in [-0.1, -0.05) is 11.6 Å². The van der Waals surface area contributed by atoms with Crippen molar-refractivity contribution in [3.05, 3.63) is 52.3 Å². The van der Waals surface area contributed by atoms with Crippen molar-refractivity contribution in [1.29, 1.82) is 0 Å². The number of halogens is 1. The molecule has 0 unspecified atom stereocenters. The Bertz CT molecular complexity index is 561. The SMILES string of the molecule is Cc1cc(Cl)cc(C)c1Oc1cncc(CCN)c1. The van der Waals surface area contributed by atoms with Crippen molar-refractivity contribution in [2.45, 2.75) is 20.3 Å². The van der Waals surface area contributed by atoms with Gasteiger partial charge in [0.2, 0.25) is 0 Å². The minimum atomic E-state index is 0.601. The molecule has 1 aromatic heterocycles. The summed E-state index contributed by atoms with van der Waals surface area (Å²) in [5.41, 5.74) is 8.64. The van der Waals surface area contributed by atoms with E-state index in [0.29, 0.717) is 6.54 Å². The van der Waals surface area contributed by atoms with E-state index in [1.54, 1.807) is 12.4 Å². The maximum Gasteiger partial charge on any atom is 0.146 e. The summed E-state index contributed by atoms with van der Waals surface area (Å²) in [6, 6.07) is 5.75. The summed E-state index contributed by atoms with van der Waals surface area (Å²) < 4.78 is 5.92. The molecule has 3 nitrogen and oxygen atoms in total. The largest absolute Gasteiger partial charge is 0.455 e. The van der Waals surface area contributed by atoms with Crippen LogP contribution in [-0.4, -0.2) is 11.5 Å². The lowest BCUT2D eigenvalue weighted by Gasteiger charge is -2.12. The third-order valence-corrected chi connectivity index (χ3v) is 3.07. The monoisotopic (exact) mass is 276 g/mol. The summed E-state index contributed by atoms with van der Waals surface area (Å²) in [5.74, 6) is 1.55. The Kier molecular flexibility index (Phi) is 4.40. The number of nitrogens with zero attached hydrogens (tertiary/aromatic N) is 1. The zero-order valence-corrected chi connectivity index (χ0v) is 11.9. The minimum absolute atomic E-state index is 0.601. The number of rotatable bonds is 4. The van der Waals surface area contributed by atoms with Gasteiger partial charge < -0.3 is 10.5 Å². The summed E-state index contributed by atoms with van der Waals surface area (Å²) in [5, 5.41) is 0.720. The smallest absolute Gasteiger partial charge is 0.146 e. The van der Waals surface area contributed by atoms with Crippen LogP contribution in [-0.2, 0) is 6.42 Å². The van der Waals surface area contributed by atoms with E-state index in [1.165, 1.54) is 0 Å². The van der Waals surface area contributed by atoms with Gasteiger partial charge in [-0.25, -0.2) is 0 Å². The highest BCUT2D eigenvalue weighted by Crippen LogP contribution is 2.31. The molecule has 0 fully saturated rings. The highest BCUT2D eigenvalue weighted by atomic mass is 35.5. The molecule has 0 spiro atoms. The number of aryl methyl sites for hydroxylation is 2. The Morgan fingerprint density at radius 3 is 2.47 bits per heavy atom. The molecular formula is C15H17ClN2O. The van der Waals surface area contributed by atoms with Gasteiger partial charge in [0.05, 0.1) is 6.20 Å². The quantitative estimate of drug-likeness (QED) is 0.927. The lowest BCUT2D eigenvalue weighted by molar-refractivity contribution is 0.472. The molecular weight excluding hydrogens is 260 g/mol. The van der Waals surface area contributed by atoms with Gasteiger partial charge in [-0.15, -0.1) is 0 Å². The average molecular weight is 277 g/mol. The number of pyridine rings is 1. The van der Waals surface area contributed by atoms with Gasteiger partial charge in [-0.3, -0.25) is 4.98 Å². The minimum Gasteiger partial charge on any atom is -0.455 e. The molecule has 0 saturated heterocycles. The molecule has 0 amide bonds. The first-order valence-electron chi connectivity index (χ1n) is 6.18. The second-order valence-corrected chi connectivity index (χ2v) is 4.97. The standard InChI is InChI=1S/C15H17ClN2O/c1-10-5-13(16)6-11(2)15(10)19-14-7-12(3-4-17)8-18-9-14/h5-9H,3-4,17H2,1-2H3. The van der Waals surface area contributed by atoms with Gasteiger partial charge in [-0.2, -0.15) is 0 Å². The van der Waals surface area contributed by atoms with Gasteiger partial charge in [0.15, 0.2) is 0 Å². The fourth-order valence-corrected chi connectivity index (χ4v) is 2.33. The molecule has 0 saturated carbocycles. The van der Waals surface area contributed by atoms with E-state index < -0.39 is 0 Å². The van der Waals surface area contributed by atoms with Gasteiger partial charge in [0, 0.05) is 11.2 Å². The number of nitrogens with two attached hydrogens (primary N) is 1. The van der Waals surface area contributed by atoms with Crippen LogP contribution in [0.1, 0.15) is 16.7 Å². The van der Waals surface area contributed by atoms with E-state index in [9.17, 15) is 0 Å². The van der Waals surface area contributed by atoms with Crippen molar-refractivity contribution in [2.75, 3.05) is 6.54 Å². The number of aromatic nitrogens is 1. The maximum atomic E-state index is 6.01. The first-order valence-corrected chi connectivity index (χ1v) is 6.56. The Morgan fingerprint density at radius 1 is 1.16 bits per heavy atom. The van der Waals surface area contributed by atoms with Gasteiger partial charge in [0.1, 0.15) is 11.5 Å². The van der Waals surface area contributed by atoms with E-state index in [2.05, 4.69) is 4.98 Å². The second-order valence-electron chi connectivity index (χ2n) is 4.54. The number of benzene rings is 1. The van der Waals surface area contributed by atoms with Crippen LogP contribution in [0.5, 0.6) is 11.5 Å². The van der Waals surface area contributed by atoms with E-state index in [4.69, 9.17) is 22.1 Å². The number of ether oxygens (including phenoxy) is 1. The van der Waals surface area contributed by atoms with Gasteiger partial charge in [0.25, 0.3) is 0 Å². The lowest BCUT2D eigenvalue weighted by atomic mass is 10.1. The molecule has 2 rings (SSSR count). The van der Waals surface area contributed by atoms with Crippen molar-refractivity contribution in [2.24, 2.45) is 5.73 Å². The third kappa shape index (κ3) is 3.46. The highest BCUT2D eigenvalue weighted by molar-refractivity contribution is 6.30. The van der Waals surface area contributed by atoms with Crippen LogP contribution in [0.15, 0.2) is 30.6 Å². The molecule has 0 radical (unpaired) electrons. The van der Waals surface area contributed by atoms with Crippen LogP contribution in [0.4, 0.5) is 0 Å². The van der Waals surface area contributed by atoms with E-state index in [-0.39, 0.29) is 0 Å². The first kappa shape index (κ1) is 13.8. The third-order valence-electron chi connectivity index (χ3n) is 2.85. The fraction of sp³-hybridized carbons (Fsp3) is 0.267. The molecule has 100 valence electrons. The molecule has 0 aliphatic rings. The Hall–Kier alpha value is -1.58. The van der Waals surface area contributed by atoms with Gasteiger partial charge >= 0.3 is 0 Å². The van der Waals surface area contributed by atoms with E-state index in [1.807, 2.05) is 32.0 Å². The van der Waals surface area contributed by atoms with Crippen molar-refractivity contribution < 1.29 is 4.74 Å². The van der Waals surface area contributed by atoms with Crippen molar-refractivity contribution in [3.63, 3.8) is 0 Å². The van der Waals surface area contributed by atoms with Crippen LogP contribution >= 0.6 is 11.6 Å². The second kappa shape index (κ2) is 6.04. The predicted molar refractivity (Wildman–Crippen MR) is 78.0 cm³/mol. The molecule has 1 heterocycles. The predicted octanol–water partition coefficient (Wildman–Crippen LogP) is 3.65. The van der Waals surface area contributed by atoms with Crippen LogP contribution in [0.25, 0.3) is 0 Å². The Labute approximate surface area is 118 Å². The van der Waals surface area contributed by atoms with Crippen LogP contribution in [0.2, 0.25) is 5.02 Å². The molecule has 0 bridgehead atoms. The number of hydrogen-bond acceptors (Lipinski definition) is 3. The molecule has 0 atom stereocenters. The Morgan fingerprint density at radius 2 is 1.84 bits per heavy atom. The summed E-state index contributed by atoms with van der Waals surface area (Å²) in [6.07, 6.45) is 4.30. The van der Waals surface area contributed by atoms with Crippen molar-refractivity contribution >= 4 is 11.6 Å². The molecule has 0 aliphatic carbocycles. The average Bonchev–Trinajstić information content (AvgIpc) is 2.35. The molecule has 1 aromatic carbocycles. The van der Waals surface area contributed by atoms with Gasteiger partial charge in [-0.05, 0) is 61.7 Å². The van der Waals surface area contributed by atoms with E-state index >= 15 is 0 Å². The molecule has 4 heteroatoms. The molecule has 19 heavy (non-hydrogen) atoms. The van der Waals surface area contributed by atoms with Crippen LogP contribution in [0, 0.1) is 13.8 Å². The summed E-state index contributed by atoms with van der Waals surface area (Å²) in [7, 11) is 0. The highest BCUT2D eigenvalue weighted by Gasteiger charge is 2.07. The first-order chi connectivity index (χ1) is 9.10. The zero-order chi connectivity index (χ0) is 13.8. The topological polar surface area (TPSA) is 48.1 Å². The van der Waals surface area contributed by atoms with Crippen molar-refractivity contribution in [1.82, 2.24) is 4.98 Å². The van der Waals surface area contributed by atoms with Crippen LogP contribution < -0.4 is 10.5 Å². The normalized spacial score (nSPS) is 10.5. The Balaban J connectivity index is 2.28. The van der Waals surface area contributed by atoms with Crippen molar-refractivity contribution in [3.8, 4) is 11.5 Å². The van der Waals surface area contributed by atoms with E-state index in [0.717, 1.165) is 39.6 Å². The molecule has 2 aromatic rings. The summed E-state index contributed by atoms with van der Waals surface area (Å²) in [4.78, 5) is 4.17. The summed E-state index contributed by atoms with van der Waals surface area (Å²) in [6.45, 7) is 4.56. The molecule has 0 aliphatic heterocycles. The fourth-order valence-electron chi connectivity index (χ4n) is 2.00. The zero-order valence-electron chi connectivity index (χ0n) is 11.1. The maximum absolute atomic E-state index is 6.01. The lowest BCUT2D eigenvalue weighted by Crippen LogP contribution is -2.03. The number of hydrogen-bond donors (Lipinski definition) is 1. The molecule has 2 N–H and O–H groups in total.